The Balaban J connectivity index is 2.39. The van der Waals surface area contributed by atoms with E-state index in [2.05, 4.69) is 11.8 Å². The second-order valence-electron chi connectivity index (χ2n) is 3.43. The topological polar surface area (TPSA) is 52.0 Å². The van der Waals surface area contributed by atoms with E-state index >= 15 is 0 Å². The molecule has 0 aliphatic heterocycles. The summed E-state index contributed by atoms with van der Waals surface area (Å²) in [4.78, 5) is 0. The summed E-state index contributed by atoms with van der Waals surface area (Å²) < 4.78 is 0. The lowest BCUT2D eigenvalue weighted by Crippen LogP contribution is -1.95. The predicted molar refractivity (Wildman–Crippen MR) is 67.7 cm³/mol. The third kappa shape index (κ3) is 2.15. The molecule has 0 aromatic heterocycles. The minimum Gasteiger partial charge on any atom is -0.398 e. The van der Waals surface area contributed by atoms with Crippen LogP contribution in [0.3, 0.4) is 0 Å². The van der Waals surface area contributed by atoms with Crippen molar-refractivity contribution in [2.24, 2.45) is 0 Å². The highest BCUT2D eigenvalue weighted by Crippen LogP contribution is 2.17. The van der Waals surface area contributed by atoms with Gasteiger partial charge >= 0.3 is 0 Å². The van der Waals surface area contributed by atoms with Crippen molar-refractivity contribution in [3.63, 3.8) is 0 Å². The number of hydrogen-bond acceptors (Lipinski definition) is 2. The summed E-state index contributed by atoms with van der Waals surface area (Å²) in [5, 5.41) is 0. The molecular weight excluding hydrogens is 196 g/mol. The van der Waals surface area contributed by atoms with Crippen molar-refractivity contribution in [2.75, 3.05) is 11.5 Å². The average molecular weight is 208 g/mol. The molecular formula is C14H12N2. The van der Waals surface area contributed by atoms with Crippen molar-refractivity contribution in [1.29, 1.82) is 0 Å². The molecule has 16 heavy (non-hydrogen) atoms. The van der Waals surface area contributed by atoms with Crippen LogP contribution in [0.25, 0.3) is 0 Å². The molecule has 4 N–H and O–H groups in total. The van der Waals surface area contributed by atoms with E-state index in [1.807, 2.05) is 36.4 Å². The number of hydrogen-bond donors (Lipinski definition) is 2. The molecule has 2 aromatic rings. The molecule has 0 aliphatic carbocycles. The van der Waals surface area contributed by atoms with Gasteiger partial charge in [0.1, 0.15) is 0 Å². The lowest BCUT2D eigenvalue weighted by Gasteiger charge is -2.00. The zero-order chi connectivity index (χ0) is 11.4. The van der Waals surface area contributed by atoms with E-state index in [1.54, 1.807) is 12.1 Å². The molecule has 0 saturated carbocycles. The van der Waals surface area contributed by atoms with Crippen molar-refractivity contribution in [1.82, 2.24) is 0 Å². The SMILES string of the molecule is Nc1cccc(N)c1C#Cc1ccccc1. The number of anilines is 2. The van der Waals surface area contributed by atoms with Crippen molar-refractivity contribution < 1.29 is 0 Å². The van der Waals surface area contributed by atoms with E-state index < -0.39 is 0 Å². The van der Waals surface area contributed by atoms with Crippen LogP contribution in [0.5, 0.6) is 0 Å². The summed E-state index contributed by atoms with van der Waals surface area (Å²) >= 11 is 0. The minimum absolute atomic E-state index is 0.614. The molecule has 0 amide bonds. The molecule has 0 aliphatic rings. The fourth-order valence-electron chi connectivity index (χ4n) is 1.39. The Bertz CT molecular complexity index is 528. The van der Waals surface area contributed by atoms with Crippen molar-refractivity contribution in [3.8, 4) is 11.8 Å². The monoisotopic (exact) mass is 208 g/mol. The van der Waals surface area contributed by atoms with E-state index in [0.717, 1.165) is 5.56 Å². The molecule has 0 atom stereocenters. The number of rotatable bonds is 0. The second kappa shape index (κ2) is 4.41. The van der Waals surface area contributed by atoms with Gasteiger partial charge in [-0.1, -0.05) is 36.1 Å². The van der Waals surface area contributed by atoms with Crippen molar-refractivity contribution in [3.05, 3.63) is 59.7 Å². The first kappa shape index (κ1) is 10.1. The maximum absolute atomic E-state index is 5.80. The van der Waals surface area contributed by atoms with Gasteiger partial charge in [0.15, 0.2) is 0 Å². The summed E-state index contributed by atoms with van der Waals surface area (Å²) in [7, 11) is 0. The molecule has 0 unspecified atom stereocenters. The van der Waals surface area contributed by atoms with Crippen LogP contribution < -0.4 is 11.5 Å². The third-order valence-electron chi connectivity index (χ3n) is 2.23. The molecule has 78 valence electrons. The van der Waals surface area contributed by atoms with E-state index in [1.165, 1.54) is 0 Å². The van der Waals surface area contributed by atoms with Gasteiger partial charge < -0.3 is 11.5 Å². The van der Waals surface area contributed by atoms with Gasteiger partial charge in [-0.3, -0.25) is 0 Å². The summed E-state index contributed by atoms with van der Waals surface area (Å²) in [5.41, 5.74) is 14.5. The number of nitrogen functional groups attached to an aromatic ring is 2. The Kier molecular flexibility index (Phi) is 2.79. The number of benzene rings is 2. The summed E-state index contributed by atoms with van der Waals surface area (Å²) in [6, 6.07) is 15.2. The Labute approximate surface area is 94.9 Å². The summed E-state index contributed by atoms with van der Waals surface area (Å²) in [5.74, 6) is 6.03. The maximum Gasteiger partial charge on any atom is 0.0707 e. The van der Waals surface area contributed by atoms with Crippen LogP contribution in [0, 0.1) is 11.8 Å². The Morgan fingerprint density at radius 1 is 0.688 bits per heavy atom. The Morgan fingerprint density at radius 3 is 1.94 bits per heavy atom. The van der Waals surface area contributed by atoms with Gasteiger partial charge in [-0.25, -0.2) is 0 Å². The first-order valence-electron chi connectivity index (χ1n) is 4.98. The smallest absolute Gasteiger partial charge is 0.0707 e. The van der Waals surface area contributed by atoms with E-state index in [-0.39, 0.29) is 0 Å². The third-order valence-corrected chi connectivity index (χ3v) is 2.23. The zero-order valence-electron chi connectivity index (χ0n) is 8.77. The molecule has 0 heterocycles. The van der Waals surface area contributed by atoms with Gasteiger partial charge in [-0.2, -0.15) is 0 Å². The zero-order valence-corrected chi connectivity index (χ0v) is 8.77. The maximum atomic E-state index is 5.80. The van der Waals surface area contributed by atoms with Crippen molar-refractivity contribution >= 4 is 11.4 Å². The Hall–Kier alpha value is -2.40. The fourth-order valence-corrected chi connectivity index (χ4v) is 1.39. The van der Waals surface area contributed by atoms with Crippen LogP contribution in [0.4, 0.5) is 11.4 Å². The average Bonchev–Trinajstić information content (AvgIpc) is 2.30. The van der Waals surface area contributed by atoms with Crippen LogP contribution in [-0.4, -0.2) is 0 Å². The highest BCUT2D eigenvalue weighted by Gasteiger charge is 1.98. The van der Waals surface area contributed by atoms with Crippen LogP contribution in [0.1, 0.15) is 11.1 Å². The second-order valence-corrected chi connectivity index (χ2v) is 3.43. The van der Waals surface area contributed by atoms with Crippen molar-refractivity contribution in [2.45, 2.75) is 0 Å². The van der Waals surface area contributed by atoms with Gasteiger partial charge in [0.2, 0.25) is 0 Å². The van der Waals surface area contributed by atoms with Gasteiger partial charge in [0, 0.05) is 16.9 Å². The van der Waals surface area contributed by atoms with E-state index in [0.29, 0.717) is 16.9 Å². The largest absolute Gasteiger partial charge is 0.398 e. The fraction of sp³-hybridized carbons (Fsp3) is 0. The van der Waals surface area contributed by atoms with Crippen LogP contribution in [0.2, 0.25) is 0 Å². The molecule has 0 fully saturated rings. The van der Waals surface area contributed by atoms with Crippen LogP contribution in [0.15, 0.2) is 48.5 Å². The quantitative estimate of drug-likeness (QED) is 0.515. The summed E-state index contributed by atoms with van der Waals surface area (Å²) in [6.07, 6.45) is 0. The lowest BCUT2D eigenvalue weighted by atomic mass is 10.1. The molecule has 2 aromatic carbocycles. The first-order chi connectivity index (χ1) is 7.77. The molecule has 2 nitrogen and oxygen atoms in total. The standard InChI is InChI=1S/C14H12N2/c15-13-7-4-8-14(16)12(13)10-9-11-5-2-1-3-6-11/h1-8H,15-16H2. The van der Waals surface area contributed by atoms with Crippen LogP contribution in [-0.2, 0) is 0 Å². The normalized spacial score (nSPS) is 9.25. The molecule has 0 saturated heterocycles. The molecule has 0 radical (unpaired) electrons. The van der Waals surface area contributed by atoms with Gasteiger partial charge in [-0.05, 0) is 24.3 Å². The first-order valence-corrected chi connectivity index (χ1v) is 4.98. The van der Waals surface area contributed by atoms with E-state index in [9.17, 15) is 0 Å². The van der Waals surface area contributed by atoms with Crippen LogP contribution >= 0.6 is 0 Å². The molecule has 0 spiro atoms. The molecule has 2 heteroatoms. The van der Waals surface area contributed by atoms with E-state index in [4.69, 9.17) is 11.5 Å². The highest BCUT2D eigenvalue weighted by molar-refractivity contribution is 5.69. The Morgan fingerprint density at radius 2 is 1.31 bits per heavy atom. The lowest BCUT2D eigenvalue weighted by molar-refractivity contribution is 1.60. The van der Waals surface area contributed by atoms with Gasteiger partial charge in [-0.15, -0.1) is 0 Å². The number of nitrogens with two attached hydrogens (primary N) is 2. The molecule has 0 bridgehead atoms. The predicted octanol–water partition coefficient (Wildman–Crippen LogP) is 2.25. The minimum atomic E-state index is 0.614. The highest BCUT2D eigenvalue weighted by atomic mass is 14.6. The van der Waals surface area contributed by atoms with Gasteiger partial charge in [0.25, 0.3) is 0 Å². The van der Waals surface area contributed by atoms with Gasteiger partial charge in [0.05, 0.1) is 5.56 Å². The molecule has 2 rings (SSSR count). The summed E-state index contributed by atoms with van der Waals surface area (Å²) in [6.45, 7) is 0.